The monoisotopic (exact) mass is 477 g/mol. The third-order valence-corrected chi connectivity index (χ3v) is 6.63. The van der Waals surface area contributed by atoms with Gasteiger partial charge in [-0.15, -0.1) is 0 Å². The van der Waals surface area contributed by atoms with Crippen LogP contribution in [0.5, 0.6) is 0 Å². The minimum Gasteiger partial charge on any atom is -0.479 e. The molecule has 1 atom stereocenters. The number of hydrogen-bond donors (Lipinski definition) is 1. The predicted octanol–water partition coefficient (Wildman–Crippen LogP) is 5.38. The van der Waals surface area contributed by atoms with Crippen LogP contribution in [0.3, 0.4) is 0 Å². The Balaban J connectivity index is 1.39. The predicted molar refractivity (Wildman–Crippen MR) is 120 cm³/mol. The maximum Gasteiger partial charge on any atom is 0.410 e. The maximum atomic E-state index is 13.0. The van der Waals surface area contributed by atoms with Crippen LogP contribution in [0, 0.1) is 0 Å². The molecule has 31 heavy (non-hydrogen) atoms. The van der Waals surface area contributed by atoms with Crippen molar-refractivity contribution >= 4 is 28.0 Å². The van der Waals surface area contributed by atoms with Gasteiger partial charge in [-0.2, -0.15) is 0 Å². The number of ether oxygens (including phenoxy) is 1. The van der Waals surface area contributed by atoms with Gasteiger partial charge in [0.2, 0.25) is 0 Å². The Hall–Kier alpha value is -3.12. The Morgan fingerprint density at radius 3 is 2.26 bits per heavy atom. The van der Waals surface area contributed by atoms with E-state index < -0.39 is 18.1 Å². The number of hydrogen-bond acceptors (Lipinski definition) is 3. The summed E-state index contributed by atoms with van der Waals surface area (Å²) in [7, 11) is 0. The number of carbonyl (C=O) groups is 2. The number of fused-ring (bicyclic) bond motifs is 4. The van der Waals surface area contributed by atoms with Crippen molar-refractivity contribution in [1.29, 1.82) is 0 Å². The lowest BCUT2D eigenvalue weighted by atomic mass is 9.93. The molecule has 1 aliphatic heterocycles. The van der Waals surface area contributed by atoms with E-state index >= 15 is 0 Å². The zero-order valence-electron chi connectivity index (χ0n) is 16.6. The fraction of sp³-hybridized carbons (Fsp3) is 0.200. The molecule has 0 radical (unpaired) electrons. The molecule has 1 aliphatic carbocycles. The van der Waals surface area contributed by atoms with E-state index in [1.807, 2.05) is 30.3 Å². The van der Waals surface area contributed by atoms with Crippen LogP contribution in [0.1, 0.15) is 34.2 Å². The molecule has 0 saturated carbocycles. The summed E-state index contributed by atoms with van der Waals surface area (Å²) in [5, 5.41) is 9.85. The summed E-state index contributed by atoms with van der Waals surface area (Å²) in [6.45, 7) is 0.472. The smallest absolute Gasteiger partial charge is 0.410 e. The number of amides is 1. The Kier molecular flexibility index (Phi) is 5.02. The molecule has 5 nitrogen and oxygen atoms in total. The molecule has 1 heterocycles. The zero-order valence-corrected chi connectivity index (χ0v) is 18.2. The molecular formula is C25H20BrNO4. The number of nitrogens with zero attached hydrogens (tertiary/aromatic N) is 1. The van der Waals surface area contributed by atoms with Crippen molar-refractivity contribution in [1.82, 2.24) is 4.90 Å². The van der Waals surface area contributed by atoms with Crippen molar-refractivity contribution in [2.24, 2.45) is 0 Å². The summed E-state index contributed by atoms with van der Waals surface area (Å²) in [6.07, 6.45) is -0.00854. The van der Waals surface area contributed by atoms with Crippen LogP contribution >= 0.6 is 15.9 Å². The second-order valence-electron chi connectivity index (χ2n) is 7.83. The Morgan fingerprint density at radius 2 is 1.61 bits per heavy atom. The Bertz CT molecular complexity index is 1150. The lowest BCUT2D eigenvalue weighted by Crippen LogP contribution is -2.44. The molecule has 0 fully saturated rings. The third kappa shape index (κ3) is 3.41. The molecule has 1 unspecified atom stereocenters. The first-order valence-electron chi connectivity index (χ1n) is 10.2. The summed E-state index contributed by atoms with van der Waals surface area (Å²) in [5.74, 6) is -1.12. The molecule has 156 valence electrons. The topological polar surface area (TPSA) is 66.8 Å². The number of carboxylic acid groups (broad SMARTS) is 1. The largest absolute Gasteiger partial charge is 0.479 e. The van der Waals surface area contributed by atoms with Gasteiger partial charge in [-0.25, -0.2) is 9.59 Å². The minimum atomic E-state index is -1.06. The van der Waals surface area contributed by atoms with Gasteiger partial charge in [0, 0.05) is 16.9 Å². The van der Waals surface area contributed by atoms with E-state index in [0.29, 0.717) is 18.5 Å². The fourth-order valence-corrected chi connectivity index (χ4v) is 5.14. The number of aliphatic carboxylic acids is 1. The standard InChI is InChI=1S/C25H20BrNO4/c26-16-9-10-17-15(13-16)11-12-27(23(17)24(28)29)25(30)31-14-22-20-7-3-1-5-18(20)19-6-2-4-8-21(19)22/h1-10,13,22-23H,11-12,14H2,(H,28,29). The molecule has 0 spiro atoms. The van der Waals surface area contributed by atoms with Crippen molar-refractivity contribution < 1.29 is 19.4 Å². The van der Waals surface area contributed by atoms with Crippen LogP contribution in [0.2, 0.25) is 0 Å². The van der Waals surface area contributed by atoms with Crippen molar-refractivity contribution in [2.45, 2.75) is 18.4 Å². The highest BCUT2D eigenvalue weighted by atomic mass is 79.9. The van der Waals surface area contributed by atoms with Gasteiger partial charge in [-0.3, -0.25) is 4.90 Å². The van der Waals surface area contributed by atoms with Crippen LogP contribution < -0.4 is 0 Å². The molecule has 3 aromatic carbocycles. The van der Waals surface area contributed by atoms with Crippen molar-refractivity contribution in [3.05, 3.63) is 93.5 Å². The van der Waals surface area contributed by atoms with Gasteiger partial charge in [0.25, 0.3) is 0 Å². The minimum absolute atomic E-state index is 0.0624. The molecule has 0 saturated heterocycles. The van der Waals surface area contributed by atoms with Crippen molar-refractivity contribution in [2.75, 3.05) is 13.2 Å². The van der Waals surface area contributed by atoms with Gasteiger partial charge < -0.3 is 9.84 Å². The first kappa shape index (κ1) is 19.8. The van der Waals surface area contributed by atoms with Gasteiger partial charge in [0.1, 0.15) is 6.61 Å². The van der Waals surface area contributed by atoms with E-state index in [-0.39, 0.29) is 12.5 Å². The second-order valence-corrected chi connectivity index (χ2v) is 8.75. The summed E-state index contributed by atoms with van der Waals surface area (Å²) in [6, 6.07) is 20.7. The van der Waals surface area contributed by atoms with Crippen molar-refractivity contribution in [3.8, 4) is 11.1 Å². The molecule has 6 heteroatoms. The van der Waals surface area contributed by atoms with Gasteiger partial charge in [0.15, 0.2) is 6.04 Å². The van der Waals surface area contributed by atoms with E-state index in [1.165, 1.54) is 4.90 Å². The van der Waals surface area contributed by atoms with E-state index in [0.717, 1.165) is 32.3 Å². The lowest BCUT2D eigenvalue weighted by Gasteiger charge is -2.34. The molecule has 1 amide bonds. The molecule has 5 rings (SSSR count). The maximum absolute atomic E-state index is 13.0. The third-order valence-electron chi connectivity index (χ3n) is 6.14. The van der Waals surface area contributed by atoms with Crippen LogP contribution in [0.15, 0.2) is 71.2 Å². The van der Waals surface area contributed by atoms with Gasteiger partial charge in [0.05, 0.1) is 0 Å². The summed E-state index contributed by atoms with van der Waals surface area (Å²) >= 11 is 3.43. The van der Waals surface area contributed by atoms with E-state index in [4.69, 9.17) is 4.74 Å². The van der Waals surface area contributed by atoms with E-state index in [1.54, 1.807) is 12.1 Å². The number of benzene rings is 3. The molecule has 2 aliphatic rings. The summed E-state index contributed by atoms with van der Waals surface area (Å²) in [4.78, 5) is 26.4. The fourth-order valence-electron chi connectivity index (χ4n) is 4.74. The summed E-state index contributed by atoms with van der Waals surface area (Å²) in [5.41, 5.74) is 6.13. The van der Waals surface area contributed by atoms with Crippen LogP contribution in [0.4, 0.5) is 4.79 Å². The van der Waals surface area contributed by atoms with Gasteiger partial charge in [-0.1, -0.05) is 70.5 Å². The van der Waals surface area contributed by atoms with Crippen molar-refractivity contribution in [3.63, 3.8) is 0 Å². The number of carbonyl (C=O) groups excluding carboxylic acids is 1. The molecule has 1 N–H and O–H groups in total. The Morgan fingerprint density at radius 1 is 0.968 bits per heavy atom. The highest BCUT2D eigenvalue weighted by molar-refractivity contribution is 9.10. The lowest BCUT2D eigenvalue weighted by molar-refractivity contribution is -0.143. The molecule has 0 bridgehead atoms. The number of carboxylic acids is 1. The first-order valence-corrected chi connectivity index (χ1v) is 11.0. The van der Waals surface area contributed by atoms with Crippen LogP contribution in [-0.2, 0) is 16.0 Å². The van der Waals surface area contributed by atoms with Gasteiger partial charge >= 0.3 is 12.1 Å². The second kappa shape index (κ2) is 7.85. The zero-order chi connectivity index (χ0) is 21.5. The molecular weight excluding hydrogens is 458 g/mol. The normalized spacial score (nSPS) is 16.9. The van der Waals surface area contributed by atoms with E-state index in [9.17, 15) is 14.7 Å². The average molecular weight is 478 g/mol. The Labute approximate surface area is 188 Å². The van der Waals surface area contributed by atoms with Crippen LogP contribution in [-0.4, -0.2) is 35.2 Å². The van der Waals surface area contributed by atoms with Crippen LogP contribution in [0.25, 0.3) is 11.1 Å². The average Bonchev–Trinajstić information content (AvgIpc) is 3.10. The number of rotatable bonds is 3. The molecule has 0 aromatic heterocycles. The highest BCUT2D eigenvalue weighted by Gasteiger charge is 2.38. The summed E-state index contributed by atoms with van der Waals surface area (Å²) < 4.78 is 6.61. The SMILES string of the molecule is O=C(O)C1c2ccc(Br)cc2CCN1C(=O)OCC1c2ccccc2-c2ccccc21. The van der Waals surface area contributed by atoms with E-state index in [2.05, 4.69) is 40.2 Å². The number of halogens is 1. The highest BCUT2D eigenvalue weighted by Crippen LogP contribution is 2.44. The van der Waals surface area contributed by atoms with Gasteiger partial charge in [-0.05, 0) is 51.9 Å². The molecule has 3 aromatic rings. The quantitative estimate of drug-likeness (QED) is 0.549. The first-order chi connectivity index (χ1) is 15.0.